The Kier molecular flexibility index (Phi) is 9.68. The van der Waals surface area contributed by atoms with Gasteiger partial charge in [-0.05, 0) is 45.4 Å². The van der Waals surface area contributed by atoms with Gasteiger partial charge in [0, 0.05) is 52.4 Å². The molecule has 2 aliphatic heterocycles. The number of carbonyl (C=O) groups excluding carboxylic acids is 1. The van der Waals surface area contributed by atoms with E-state index in [2.05, 4.69) is 34.4 Å². The van der Waals surface area contributed by atoms with Crippen molar-refractivity contribution >= 4 is 12.1 Å². The third-order valence-corrected chi connectivity index (χ3v) is 5.81. The van der Waals surface area contributed by atoms with Crippen molar-refractivity contribution < 1.29 is 14.3 Å². The summed E-state index contributed by atoms with van der Waals surface area (Å²) >= 11 is 0. The topological polar surface area (TPSA) is 78.4 Å². The van der Waals surface area contributed by atoms with Gasteiger partial charge in [0.05, 0.1) is 13.2 Å². The number of amides is 1. The van der Waals surface area contributed by atoms with Crippen LogP contribution in [0.4, 0.5) is 4.79 Å². The summed E-state index contributed by atoms with van der Waals surface area (Å²) < 4.78 is 11.0. The van der Waals surface area contributed by atoms with Crippen LogP contribution in [0, 0.1) is 11.8 Å². The molecule has 2 N–H and O–H groups in total. The average Bonchev–Trinajstić information content (AvgIpc) is 2.70. The summed E-state index contributed by atoms with van der Waals surface area (Å²) in [7, 11) is 1.82. The highest BCUT2D eigenvalue weighted by atomic mass is 16.6. The summed E-state index contributed by atoms with van der Waals surface area (Å²) in [4.78, 5) is 21.0. The van der Waals surface area contributed by atoms with Crippen molar-refractivity contribution in [3.05, 3.63) is 0 Å². The lowest BCUT2D eigenvalue weighted by atomic mass is 9.97. The number of hydrogen-bond donors (Lipinski definition) is 2. The molecule has 1 unspecified atom stereocenters. The lowest BCUT2D eigenvalue weighted by Crippen LogP contribution is -2.53. The maximum absolute atomic E-state index is 12.2. The molecule has 2 heterocycles. The molecule has 2 saturated heterocycles. The van der Waals surface area contributed by atoms with Crippen molar-refractivity contribution in [1.82, 2.24) is 20.4 Å². The highest BCUT2D eigenvalue weighted by Crippen LogP contribution is 2.19. The molecule has 0 aromatic heterocycles. The summed E-state index contributed by atoms with van der Waals surface area (Å²) in [6.07, 6.45) is 1.76. The normalized spacial score (nSPS) is 20.9. The minimum absolute atomic E-state index is 0.200. The molecule has 2 rings (SSSR count). The van der Waals surface area contributed by atoms with E-state index in [0.29, 0.717) is 17.9 Å². The summed E-state index contributed by atoms with van der Waals surface area (Å²) in [6, 6.07) is 0.463. The number of nitrogens with one attached hydrogen (secondary N) is 2. The van der Waals surface area contributed by atoms with Gasteiger partial charge in [-0.15, -0.1) is 0 Å². The Morgan fingerprint density at radius 3 is 2.30 bits per heavy atom. The Bertz CT molecular complexity index is 547. The number of likely N-dealkylation sites (tertiary alicyclic amines) is 1. The van der Waals surface area contributed by atoms with Gasteiger partial charge in [0.25, 0.3) is 0 Å². The molecular formula is C22H43N5O3. The molecule has 0 aromatic rings. The van der Waals surface area contributed by atoms with Crippen molar-refractivity contribution in [2.24, 2.45) is 16.8 Å². The molecule has 2 fully saturated rings. The Balaban J connectivity index is 1.72. The van der Waals surface area contributed by atoms with Gasteiger partial charge >= 0.3 is 6.09 Å². The second kappa shape index (κ2) is 11.7. The van der Waals surface area contributed by atoms with E-state index in [1.165, 1.54) is 0 Å². The summed E-state index contributed by atoms with van der Waals surface area (Å²) in [5.41, 5.74) is -0.442. The van der Waals surface area contributed by atoms with Crippen LogP contribution in [0.2, 0.25) is 0 Å². The first kappa shape index (κ1) is 24.7. The van der Waals surface area contributed by atoms with Crippen LogP contribution < -0.4 is 10.6 Å². The fourth-order valence-corrected chi connectivity index (χ4v) is 4.00. The zero-order valence-corrected chi connectivity index (χ0v) is 19.9. The van der Waals surface area contributed by atoms with Gasteiger partial charge < -0.3 is 25.0 Å². The molecule has 1 atom stereocenters. The maximum atomic E-state index is 12.2. The molecule has 8 heteroatoms. The number of aliphatic imine (C=N–C) groups is 1. The SMILES string of the molecule is CN=C(NCC1CCN(C(=O)OC(C)(C)C)CC1)NCC(C(C)C)N1CCOCC1. The minimum atomic E-state index is -0.442. The molecule has 8 nitrogen and oxygen atoms in total. The second-order valence-corrected chi connectivity index (χ2v) is 9.70. The summed E-state index contributed by atoms with van der Waals surface area (Å²) in [6.45, 7) is 17.1. The summed E-state index contributed by atoms with van der Waals surface area (Å²) in [5.74, 6) is 1.94. The first-order valence-electron chi connectivity index (χ1n) is 11.4. The molecule has 0 saturated carbocycles. The Morgan fingerprint density at radius 1 is 1.13 bits per heavy atom. The largest absolute Gasteiger partial charge is 0.444 e. The van der Waals surface area contributed by atoms with E-state index in [1.807, 2.05) is 32.7 Å². The highest BCUT2D eigenvalue weighted by molar-refractivity contribution is 5.79. The van der Waals surface area contributed by atoms with E-state index in [0.717, 1.165) is 71.3 Å². The van der Waals surface area contributed by atoms with Gasteiger partial charge in [-0.2, -0.15) is 0 Å². The van der Waals surface area contributed by atoms with Crippen molar-refractivity contribution in [3.63, 3.8) is 0 Å². The number of rotatable bonds is 6. The van der Waals surface area contributed by atoms with Crippen LogP contribution in [0.1, 0.15) is 47.5 Å². The Hall–Kier alpha value is -1.54. The third kappa shape index (κ3) is 8.30. The van der Waals surface area contributed by atoms with Gasteiger partial charge in [0.1, 0.15) is 5.60 Å². The van der Waals surface area contributed by atoms with E-state index in [1.54, 1.807) is 0 Å². The Morgan fingerprint density at radius 2 is 1.77 bits per heavy atom. The van der Waals surface area contributed by atoms with Crippen LogP contribution in [-0.4, -0.2) is 93.0 Å². The summed E-state index contributed by atoms with van der Waals surface area (Å²) in [5, 5.41) is 6.99. The molecule has 0 radical (unpaired) electrons. The van der Waals surface area contributed by atoms with E-state index >= 15 is 0 Å². The predicted molar refractivity (Wildman–Crippen MR) is 121 cm³/mol. The van der Waals surface area contributed by atoms with Crippen molar-refractivity contribution in [2.45, 2.75) is 59.1 Å². The fourth-order valence-electron chi connectivity index (χ4n) is 4.00. The minimum Gasteiger partial charge on any atom is -0.444 e. The van der Waals surface area contributed by atoms with Crippen molar-refractivity contribution in [2.75, 3.05) is 59.5 Å². The molecule has 2 aliphatic rings. The van der Waals surface area contributed by atoms with Gasteiger partial charge in [-0.1, -0.05) is 13.8 Å². The predicted octanol–water partition coefficient (Wildman–Crippen LogP) is 2.16. The monoisotopic (exact) mass is 425 g/mol. The first-order chi connectivity index (χ1) is 14.2. The molecule has 174 valence electrons. The Labute approximate surface area is 182 Å². The smallest absolute Gasteiger partial charge is 0.410 e. The van der Waals surface area contributed by atoms with Crippen LogP contribution in [-0.2, 0) is 9.47 Å². The molecule has 0 spiro atoms. The lowest BCUT2D eigenvalue weighted by Gasteiger charge is -2.37. The maximum Gasteiger partial charge on any atom is 0.410 e. The van der Waals surface area contributed by atoms with Crippen LogP contribution >= 0.6 is 0 Å². The van der Waals surface area contributed by atoms with Gasteiger partial charge in [0.2, 0.25) is 0 Å². The average molecular weight is 426 g/mol. The van der Waals surface area contributed by atoms with Gasteiger partial charge in [0.15, 0.2) is 5.96 Å². The van der Waals surface area contributed by atoms with Crippen LogP contribution in [0.15, 0.2) is 4.99 Å². The highest BCUT2D eigenvalue weighted by Gasteiger charge is 2.27. The number of ether oxygens (including phenoxy) is 2. The number of piperidine rings is 1. The van der Waals surface area contributed by atoms with Crippen LogP contribution in [0.25, 0.3) is 0 Å². The molecule has 0 aromatic carbocycles. The van der Waals surface area contributed by atoms with E-state index < -0.39 is 5.60 Å². The number of carbonyl (C=O) groups is 1. The van der Waals surface area contributed by atoms with Crippen LogP contribution in [0.3, 0.4) is 0 Å². The molecule has 0 aliphatic carbocycles. The number of hydrogen-bond acceptors (Lipinski definition) is 5. The molecule has 30 heavy (non-hydrogen) atoms. The van der Waals surface area contributed by atoms with Gasteiger partial charge in [-0.3, -0.25) is 9.89 Å². The second-order valence-electron chi connectivity index (χ2n) is 9.70. The standard InChI is InChI=1S/C22H43N5O3/c1-17(2)19(26-11-13-29-14-12-26)16-25-20(23-6)24-15-18-7-9-27(10-8-18)21(28)30-22(3,4)5/h17-19H,7-16H2,1-6H3,(H2,23,24,25). The van der Waals surface area contributed by atoms with E-state index in [-0.39, 0.29) is 6.09 Å². The number of morpholine rings is 1. The molecular weight excluding hydrogens is 382 g/mol. The number of nitrogens with zero attached hydrogens (tertiary/aromatic N) is 3. The third-order valence-electron chi connectivity index (χ3n) is 5.81. The fraction of sp³-hybridized carbons (Fsp3) is 0.909. The zero-order chi connectivity index (χ0) is 22.1. The number of guanidine groups is 1. The van der Waals surface area contributed by atoms with Crippen molar-refractivity contribution in [1.29, 1.82) is 0 Å². The quantitative estimate of drug-likeness (QED) is 0.502. The van der Waals surface area contributed by atoms with E-state index in [4.69, 9.17) is 9.47 Å². The first-order valence-corrected chi connectivity index (χ1v) is 11.4. The molecule has 0 bridgehead atoms. The van der Waals surface area contributed by atoms with Crippen LogP contribution in [0.5, 0.6) is 0 Å². The van der Waals surface area contributed by atoms with E-state index in [9.17, 15) is 4.79 Å². The zero-order valence-electron chi connectivity index (χ0n) is 19.9. The molecule has 1 amide bonds. The van der Waals surface area contributed by atoms with Crippen molar-refractivity contribution in [3.8, 4) is 0 Å². The lowest BCUT2D eigenvalue weighted by molar-refractivity contribution is 0.00749. The van der Waals surface area contributed by atoms with Gasteiger partial charge in [-0.25, -0.2) is 4.79 Å².